The quantitative estimate of drug-likeness (QED) is 0.806. The highest BCUT2D eigenvalue weighted by Gasteiger charge is 2.36. The molecule has 5 heteroatoms. The average Bonchev–Trinajstić information content (AvgIpc) is 2.72. The summed E-state index contributed by atoms with van der Waals surface area (Å²) in [7, 11) is 0. The Morgan fingerprint density at radius 2 is 2.28 bits per heavy atom. The minimum atomic E-state index is -0.370. The summed E-state index contributed by atoms with van der Waals surface area (Å²) in [5, 5.41) is 2.77. The van der Waals surface area contributed by atoms with E-state index in [0.717, 1.165) is 19.4 Å². The zero-order chi connectivity index (χ0) is 13.2. The molecule has 2 aliphatic rings. The first-order chi connectivity index (χ1) is 8.54. The number of hydrogen-bond acceptors (Lipinski definition) is 3. The first-order valence-corrected chi connectivity index (χ1v) is 6.76. The van der Waals surface area contributed by atoms with Crippen molar-refractivity contribution in [3.63, 3.8) is 0 Å². The molecule has 0 aromatic heterocycles. The minimum Gasteiger partial charge on any atom is -0.373 e. The first-order valence-electron chi connectivity index (χ1n) is 6.76. The van der Waals surface area contributed by atoms with E-state index in [2.05, 4.69) is 5.32 Å². The molecule has 0 spiro atoms. The second-order valence-electron chi connectivity index (χ2n) is 5.44. The van der Waals surface area contributed by atoms with Crippen molar-refractivity contribution in [1.82, 2.24) is 10.2 Å². The molecule has 2 aliphatic heterocycles. The maximum Gasteiger partial charge on any atom is 0.245 e. The predicted molar refractivity (Wildman–Crippen MR) is 67.0 cm³/mol. The van der Waals surface area contributed by atoms with E-state index in [0.29, 0.717) is 25.9 Å². The molecule has 2 saturated heterocycles. The molecular formula is C13H22N2O3. The smallest absolute Gasteiger partial charge is 0.245 e. The monoisotopic (exact) mass is 254 g/mol. The van der Waals surface area contributed by atoms with Gasteiger partial charge in [0.1, 0.15) is 6.04 Å². The van der Waals surface area contributed by atoms with Crippen molar-refractivity contribution < 1.29 is 14.3 Å². The third-order valence-electron chi connectivity index (χ3n) is 3.79. The Bertz CT molecular complexity index is 337. The molecule has 2 heterocycles. The lowest BCUT2D eigenvalue weighted by molar-refractivity contribution is -0.136. The Kier molecular flexibility index (Phi) is 3.90. The number of carbonyl (C=O) groups excluding carboxylic acids is 2. The van der Waals surface area contributed by atoms with Crippen LogP contribution in [0, 0.1) is 0 Å². The van der Waals surface area contributed by atoms with Gasteiger partial charge in [0.25, 0.3) is 0 Å². The van der Waals surface area contributed by atoms with Gasteiger partial charge in [0.2, 0.25) is 11.8 Å². The molecule has 0 aromatic rings. The molecule has 2 unspecified atom stereocenters. The number of rotatable bonds is 3. The molecule has 18 heavy (non-hydrogen) atoms. The van der Waals surface area contributed by atoms with Crippen molar-refractivity contribution in [2.75, 3.05) is 19.7 Å². The summed E-state index contributed by atoms with van der Waals surface area (Å²) in [5.74, 6) is -0.00438. The number of carbonyl (C=O) groups is 2. The number of ether oxygens (including phenoxy) is 1. The van der Waals surface area contributed by atoms with Gasteiger partial charge in [-0.05, 0) is 26.2 Å². The lowest BCUT2D eigenvalue weighted by Gasteiger charge is -2.32. The van der Waals surface area contributed by atoms with E-state index in [4.69, 9.17) is 4.74 Å². The lowest BCUT2D eigenvalue weighted by atomic mass is 10.0. The molecular weight excluding hydrogens is 232 g/mol. The summed E-state index contributed by atoms with van der Waals surface area (Å²) in [6, 6.07) is -0.370. The topological polar surface area (TPSA) is 58.6 Å². The van der Waals surface area contributed by atoms with Crippen LogP contribution in [0.25, 0.3) is 0 Å². The van der Waals surface area contributed by atoms with Crippen molar-refractivity contribution in [2.45, 2.75) is 51.2 Å². The molecule has 0 aromatic carbocycles. The van der Waals surface area contributed by atoms with Gasteiger partial charge in [0, 0.05) is 26.1 Å². The summed E-state index contributed by atoms with van der Waals surface area (Å²) >= 11 is 0. The number of nitrogens with one attached hydrogen (secondary N) is 1. The summed E-state index contributed by atoms with van der Waals surface area (Å²) < 4.78 is 5.73. The SMILES string of the molecule is CCC1NC(=O)CCN(CC2(C)CCCO2)C1=O. The lowest BCUT2D eigenvalue weighted by Crippen LogP contribution is -2.49. The van der Waals surface area contributed by atoms with Gasteiger partial charge >= 0.3 is 0 Å². The third kappa shape index (κ3) is 2.83. The van der Waals surface area contributed by atoms with Crippen LogP contribution in [0.1, 0.15) is 39.5 Å². The highest BCUT2D eigenvalue weighted by atomic mass is 16.5. The Labute approximate surface area is 108 Å². The van der Waals surface area contributed by atoms with Crippen LogP contribution in [-0.4, -0.2) is 48.1 Å². The third-order valence-corrected chi connectivity index (χ3v) is 3.79. The second kappa shape index (κ2) is 5.26. The number of amides is 2. The van der Waals surface area contributed by atoms with Crippen molar-refractivity contribution in [1.29, 1.82) is 0 Å². The molecule has 1 N–H and O–H groups in total. The van der Waals surface area contributed by atoms with E-state index in [-0.39, 0.29) is 23.5 Å². The first kappa shape index (κ1) is 13.3. The number of nitrogens with zero attached hydrogens (tertiary/aromatic N) is 1. The Morgan fingerprint density at radius 1 is 1.50 bits per heavy atom. The van der Waals surface area contributed by atoms with E-state index in [1.165, 1.54) is 0 Å². The zero-order valence-corrected chi connectivity index (χ0v) is 11.2. The fraction of sp³-hybridized carbons (Fsp3) is 0.846. The van der Waals surface area contributed by atoms with Gasteiger partial charge in [-0.3, -0.25) is 9.59 Å². The maximum absolute atomic E-state index is 12.3. The van der Waals surface area contributed by atoms with Gasteiger partial charge < -0.3 is 15.0 Å². The van der Waals surface area contributed by atoms with Gasteiger partial charge in [-0.1, -0.05) is 6.92 Å². The van der Waals surface area contributed by atoms with Gasteiger partial charge in [0.05, 0.1) is 5.60 Å². The summed E-state index contributed by atoms with van der Waals surface area (Å²) in [5.41, 5.74) is -0.235. The highest BCUT2D eigenvalue weighted by Crippen LogP contribution is 2.26. The van der Waals surface area contributed by atoms with Crippen LogP contribution in [0.4, 0.5) is 0 Å². The summed E-state index contributed by atoms with van der Waals surface area (Å²) in [6.45, 7) is 5.83. The zero-order valence-electron chi connectivity index (χ0n) is 11.2. The van der Waals surface area contributed by atoms with Crippen molar-refractivity contribution >= 4 is 11.8 Å². The largest absolute Gasteiger partial charge is 0.373 e. The fourth-order valence-electron chi connectivity index (χ4n) is 2.69. The molecule has 102 valence electrons. The van der Waals surface area contributed by atoms with Crippen LogP contribution >= 0.6 is 0 Å². The van der Waals surface area contributed by atoms with Crippen LogP contribution in [0.2, 0.25) is 0 Å². The molecule has 2 atom stereocenters. The van der Waals surface area contributed by atoms with Gasteiger partial charge in [-0.15, -0.1) is 0 Å². The Morgan fingerprint density at radius 3 is 2.89 bits per heavy atom. The summed E-state index contributed by atoms with van der Waals surface area (Å²) in [6.07, 6.45) is 3.05. The van der Waals surface area contributed by atoms with Gasteiger partial charge in [0.15, 0.2) is 0 Å². The van der Waals surface area contributed by atoms with Crippen LogP contribution in [0.3, 0.4) is 0 Å². The van der Waals surface area contributed by atoms with E-state index < -0.39 is 0 Å². The average molecular weight is 254 g/mol. The van der Waals surface area contributed by atoms with Crippen LogP contribution in [0.15, 0.2) is 0 Å². The standard InChI is InChI=1S/C13H22N2O3/c1-3-10-12(17)15(7-5-11(16)14-10)9-13(2)6-4-8-18-13/h10H,3-9H2,1-2H3,(H,14,16). The molecule has 0 saturated carbocycles. The Hall–Kier alpha value is -1.10. The second-order valence-corrected chi connectivity index (χ2v) is 5.44. The van der Waals surface area contributed by atoms with Crippen molar-refractivity contribution in [3.05, 3.63) is 0 Å². The van der Waals surface area contributed by atoms with E-state index in [1.807, 2.05) is 13.8 Å². The van der Waals surface area contributed by atoms with Crippen molar-refractivity contribution in [2.24, 2.45) is 0 Å². The molecule has 0 aliphatic carbocycles. The predicted octanol–water partition coefficient (Wildman–Crippen LogP) is 0.683. The molecule has 2 amide bonds. The minimum absolute atomic E-state index is 0.0278. The molecule has 5 nitrogen and oxygen atoms in total. The molecule has 2 rings (SSSR count). The van der Waals surface area contributed by atoms with Crippen LogP contribution in [-0.2, 0) is 14.3 Å². The van der Waals surface area contributed by atoms with Crippen LogP contribution in [0.5, 0.6) is 0 Å². The highest BCUT2D eigenvalue weighted by molar-refractivity contribution is 5.89. The van der Waals surface area contributed by atoms with E-state index in [1.54, 1.807) is 4.90 Å². The normalized spacial score (nSPS) is 33.4. The Balaban J connectivity index is 2.05. The van der Waals surface area contributed by atoms with E-state index >= 15 is 0 Å². The fourth-order valence-corrected chi connectivity index (χ4v) is 2.69. The molecule has 0 bridgehead atoms. The summed E-state index contributed by atoms with van der Waals surface area (Å²) in [4.78, 5) is 25.6. The van der Waals surface area contributed by atoms with Crippen molar-refractivity contribution in [3.8, 4) is 0 Å². The molecule has 2 fully saturated rings. The van der Waals surface area contributed by atoms with Crippen LogP contribution < -0.4 is 5.32 Å². The molecule has 0 radical (unpaired) electrons. The maximum atomic E-state index is 12.3. The van der Waals surface area contributed by atoms with Gasteiger partial charge in [-0.25, -0.2) is 0 Å². The van der Waals surface area contributed by atoms with E-state index in [9.17, 15) is 9.59 Å². The van der Waals surface area contributed by atoms with Gasteiger partial charge in [-0.2, -0.15) is 0 Å². The number of hydrogen-bond donors (Lipinski definition) is 1.